The molecule has 7 nitrogen and oxygen atoms in total. The number of alkyl halides is 1. The lowest BCUT2D eigenvalue weighted by Crippen LogP contribution is -2.58. The van der Waals surface area contributed by atoms with Gasteiger partial charge in [0, 0.05) is 25.3 Å². The van der Waals surface area contributed by atoms with E-state index in [1.54, 1.807) is 9.47 Å². The third-order valence-corrected chi connectivity index (χ3v) is 6.64. The SMILES string of the molecule is COc1c(N2CCCC(CF)(N(C)C)C2)c(F)cc2c(=O)c(C(=O)O)cn(C3CC3)c12. The van der Waals surface area contributed by atoms with Crippen LogP contribution in [0.1, 0.15) is 42.1 Å². The number of carboxylic acid groups (broad SMARTS) is 1. The third-order valence-electron chi connectivity index (χ3n) is 6.64. The molecule has 0 spiro atoms. The predicted octanol–water partition coefficient (Wildman–Crippen LogP) is 3.05. The number of halogens is 2. The molecule has 9 heteroatoms. The van der Waals surface area contributed by atoms with E-state index in [0.717, 1.165) is 18.9 Å². The number of pyridine rings is 1. The summed E-state index contributed by atoms with van der Waals surface area (Å²) in [6, 6.07) is 1.13. The molecular formula is C22H27F2N3O4. The lowest BCUT2D eigenvalue weighted by Gasteiger charge is -2.46. The number of fused-ring (bicyclic) bond motifs is 1. The number of hydrogen-bond donors (Lipinski definition) is 1. The van der Waals surface area contributed by atoms with Crippen LogP contribution in [0, 0.1) is 5.82 Å². The lowest BCUT2D eigenvalue weighted by molar-refractivity contribution is 0.0695. The van der Waals surface area contributed by atoms with Crippen molar-refractivity contribution in [2.45, 2.75) is 37.3 Å². The molecule has 31 heavy (non-hydrogen) atoms. The van der Waals surface area contributed by atoms with Crippen molar-refractivity contribution in [1.82, 2.24) is 9.47 Å². The summed E-state index contributed by atoms with van der Waals surface area (Å²) < 4.78 is 36.9. The Hall–Kier alpha value is -2.68. The number of nitrogens with zero attached hydrogens (tertiary/aromatic N) is 3. The standard InChI is InChI=1S/C22H27F2N3O4/c1-25(2)22(11-23)7-4-8-26(12-22)18-16(24)9-14-17(20(18)31-3)27(13-5-6-13)10-15(19(14)28)21(29)30/h9-10,13H,4-8,11-12H2,1-3H3,(H,29,30). The zero-order valence-electron chi connectivity index (χ0n) is 18.0. The minimum Gasteiger partial charge on any atom is -0.492 e. The van der Waals surface area contributed by atoms with Gasteiger partial charge >= 0.3 is 5.97 Å². The van der Waals surface area contributed by atoms with Crippen LogP contribution in [0.5, 0.6) is 5.75 Å². The molecule has 0 bridgehead atoms. The summed E-state index contributed by atoms with van der Waals surface area (Å²) in [4.78, 5) is 28.0. The molecule has 2 aromatic rings. The average molecular weight is 435 g/mol. The summed E-state index contributed by atoms with van der Waals surface area (Å²) in [5.41, 5.74) is -1.30. The molecule has 0 radical (unpaired) electrons. The molecule has 0 amide bonds. The fraction of sp³-hybridized carbons (Fsp3) is 0.545. The minimum atomic E-state index is -1.35. The van der Waals surface area contributed by atoms with Gasteiger partial charge in [0.15, 0.2) is 11.6 Å². The molecular weight excluding hydrogens is 408 g/mol. The van der Waals surface area contributed by atoms with Crippen molar-refractivity contribution in [3.8, 4) is 5.75 Å². The molecule has 1 saturated carbocycles. The molecule has 1 aliphatic heterocycles. The summed E-state index contributed by atoms with van der Waals surface area (Å²) in [6.45, 7) is 0.230. The van der Waals surface area contributed by atoms with Crippen molar-refractivity contribution < 1.29 is 23.4 Å². The van der Waals surface area contributed by atoms with Crippen LogP contribution in [0.15, 0.2) is 17.1 Å². The minimum absolute atomic E-state index is 0.0220. The Labute approximate surface area is 178 Å². The van der Waals surface area contributed by atoms with Crippen LogP contribution < -0.4 is 15.1 Å². The average Bonchev–Trinajstić information content (AvgIpc) is 3.58. The van der Waals surface area contributed by atoms with Crippen LogP contribution in [0.3, 0.4) is 0 Å². The molecule has 2 fully saturated rings. The summed E-state index contributed by atoms with van der Waals surface area (Å²) in [5, 5.41) is 9.43. The highest BCUT2D eigenvalue weighted by molar-refractivity contribution is 5.97. The lowest BCUT2D eigenvalue weighted by atomic mass is 9.88. The van der Waals surface area contributed by atoms with Crippen LogP contribution in [0.25, 0.3) is 10.9 Å². The fourth-order valence-electron chi connectivity index (χ4n) is 4.62. The molecule has 168 valence electrons. The normalized spacial score (nSPS) is 21.7. The zero-order chi connectivity index (χ0) is 22.5. The first-order chi connectivity index (χ1) is 14.7. The second kappa shape index (κ2) is 7.78. The van der Waals surface area contributed by atoms with Crippen LogP contribution in [0.4, 0.5) is 14.5 Å². The van der Waals surface area contributed by atoms with Crippen molar-refractivity contribution in [3.63, 3.8) is 0 Å². The first kappa shape index (κ1) is 21.5. The third kappa shape index (κ3) is 3.44. The molecule has 1 unspecified atom stereocenters. The van der Waals surface area contributed by atoms with E-state index < -0.39 is 35.0 Å². The smallest absolute Gasteiger partial charge is 0.341 e. The summed E-state index contributed by atoms with van der Waals surface area (Å²) in [5.74, 6) is -1.84. The van der Waals surface area contributed by atoms with E-state index in [1.807, 2.05) is 19.0 Å². The number of anilines is 1. The van der Waals surface area contributed by atoms with Gasteiger partial charge in [-0.3, -0.25) is 9.69 Å². The Morgan fingerprint density at radius 1 is 1.39 bits per heavy atom. The van der Waals surface area contributed by atoms with Crippen LogP contribution >= 0.6 is 0 Å². The fourth-order valence-corrected chi connectivity index (χ4v) is 4.62. The van der Waals surface area contributed by atoms with E-state index in [0.29, 0.717) is 24.9 Å². The summed E-state index contributed by atoms with van der Waals surface area (Å²) in [7, 11) is 5.04. The van der Waals surface area contributed by atoms with Crippen molar-refractivity contribution in [2.75, 3.05) is 45.9 Å². The monoisotopic (exact) mass is 435 g/mol. The predicted molar refractivity (Wildman–Crippen MR) is 114 cm³/mol. The highest BCUT2D eigenvalue weighted by Gasteiger charge is 2.40. The maximum Gasteiger partial charge on any atom is 0.341 e. The molecule has 1 saturated heterocycles. The van der Waals surface area contributed by atoms with Crippen LogP contribution in [-0.4, -0.2) is 67.1 Å². The quantitative estimate of drug-likeness (QED) is 0.752. The molecule has 1 aromatic carbocycles. The Morgan fingerprint density at radius 2 is 2.10 bits per heavy atom. The van der Waals surface area contributed by atoms with Crippen molar-refractivity contribution in [2.24, 2.45) is 0 Å². The molecule has 4 rings (SSSR count). The van der Waals surface area contributed by atoms with Gasteiger partial charge in [-0.1, -0.05) is 0 Å². The van der Waals surface area contributed by atoms with E-state index in [1.165, 1.54) is 13.3 Å². The number of aromatic carboxylic acids is 1. The van der Waals surface area contributed by atoms with Crippen LogP contribution in [-0.2, 0) is 0 Å². The summed E-state index contributed by atoms with van der Waals surface area (Å²) >= 11 is 0. The van der Waals surface area contributed by atoms with E-state index >= 15 is 4.39 Å². The van der Waals surface area contributed by atoms with Gasteiger partial charge < -0.3 is 19.3 Å². The first-order valence-corrected chi connectivity index (χ1v) is 10.4. The molecule has 1 aliphatic carbocycles. The maximum atomic E-state index is 15.4. The van der Waals surface area contributed by atoms with Gasteiger partial charge in [-0.05, 0) is 45.8 Å². The van der Waals surface area contributed by atoms with E-state index in [4.69, 9.17) is 4.74 Å². The molecule has 1 N–H and O–H groups in total. The number of likely N-dealkylation sites (N-methyl/N-ethyl adjacent to an activating group) is 1. The van der Waals surface area contributed by atoms with Crippen LogP contribution in [0.2, 0.25) is 0 Å². The number of hydrogen-bond acceptors (Lipinski definition) is 5. The Bertz CT molecular complexity index is 1100. The number of carbonyl (C=O) groups is 1. The van der Waals surface area contributed by atoms with Gasteiger partial charge in [0.2, 0.25) is 5.43 Å². The van der Waals surface area contributed by atoms with Crippen molar-refractivity contribution in [1.29, 1.82) is 0 Å². The largest absolute Gasteiger partial charge is 0.492 e. The van der Waals surface area contributed by atoms with Crippen molar-refractivity contribution in [3.05, 3.63) is 33.9 Å². The highest BCUT2D eigenvalue weighted by atomic mass is 19.1. The van der Waals surface area contributed by atoms with E-state index in [2.05, 4.69) is 0 Å². The van der Waals surface area contributed by atoms with Gasteiger partial charge in [-0.15, -0.1) is 0 Å². The van der Waals surface area contributed by atoms with Gasteiger partial charge in [0.25, 0.3) is 0 Å². The number of carboxylic acids is 1. The summed E-state index contributed by atoms with van der Waals surface area (Å²) in [6.07, 6.45) is 4.33. The Balaban J connectivity index is 1.96. The molecule has 2 heterocycles. The number of benzene rings is 1. The molecule has 1 aromatic heterocycles. The topological polar surface area (TPSA) is 75.0 Å². The Morgan fingerprint density at radius 3 is 2.65 bits per heavy atom. The molecule has 2 aliphatic rings. The highest BCUT2D eigenvalue weighted by Crippen LogP contribution is 2.44. The number of aromatic nitrogens is 1. The zero-order valence-corrected chi connectivity index (χ0v) is 18.0. The van der Waals surface area contributed by atoms with Gasteiger partial charge in [-0.25, -0.2) is 13.6 Å². The Kier molecular flexibility index (Phi) is 5.41. The van der Waals surface area contributed by atoms with Gasteiger partial charge in [-0.2, -0.15) is 0 Å². The van der Waals surface area contributed by atoms with Gasteiger partial charge in [0.1, 0.15) is 17.9 Å². The second-order valence-electron chi connectivity index (χ2n) is 8.73. The second-order valence-corrected chi connectivity index (χ2v) is 8.73. The number of methoxy groups -OCH3 is 1. The van der Waals surface area contributed by atoms with Crippen molar-refractivity contribution >= 4 is 22.6 Å². The molecule has 1 atom stereocenters. The number of piperidine rings is 1. The van der Waals surface area contributed by atoms with E-state index in [9.17, 15) is 19.1 Å². The van der Waals surface area contributed by atoms with Gasteiger partial charge in [0.05, 0.1) is 23.6 Å². The maximum absolute atomic E-state index is 15.4. The first-order valence-electron chi connectivity index (χ1n) is 10.4. The van der Waals surface area contributed by atoms with E-state index in [-0.39, 0.29) is 29.4 Å². The number of ether oxygens (including phenoxy) is 1. The number of rotatable bonds is 6.